The Morgan fingerprint density at radius 1 is 0.348 bits per heavy atom. The van der Waals surface area contributed by atoms with Crippen LogP contribution in [0.15, 0.2) is 350 Å². The number of nitro benzene ring substituents is 2. The predicted molar refractivity (Wildman–Crippen MR) is 484 cm³/mol. The van der Waals surface area contributed by atoms with Crippen molar-refractivity contribution in [2.24, 2.45) is 0 Å². The number of hydrogen-bond donors (Lipinski definition) is 4. The third kappa shape index (κ3) is 16.2. The lowest BCUT2D eigenvalue weighted by atomic mass is 9.80. The standard InChI is InChI=1S/C18H11NO2S.2C18H11NS.C18H15P.C12H9BO2S.C6H4BrNO2.C4H8O/c20-19(21)16-7-3-1-5-13(16)12-9-10-15-14-6-2-4-8-17(14)22-18(15)11-12;1-3-7-15-11(5-1)13-10-18-14(9-16(13)19-15)12-6-2-4-8-17(12)20-18;1-3-7-15-11(5-1)13-9-10-14-12-6-2-4-8-16(12)20-18(14)17(13)19-15;1-4-10-16(11-5-1)19(17-12-6-2-7-13-17)18-14-8-3-9-15-18;14-13(15)8-5-6-10-9-3-1-2-4-11(9)16-12(10)7-8;7-5-3-1-2-4-6(5)8(9)10;1-2-4-5-3-1/h1-11H;2*1-10,19H;1-15H;1-7,14-15H;1-4H;1-4H2. The number of thiophene rings is 4. The normalized spacial score (nSPS) is 11.8. The van der Waals surface area contributed by atoms with Gasteiger partial charge in [0.2, 0.25) is 0 Å². The van der Waals surface area contributed by atoms with Crippen LogP contribution in [-0.4, -0.2) is 50.2 Å². The van der Waals surface area contributed by atoms with E-state index in [1.54, 1.807) is 65.1 Å². The Morgan fingerprint density at radius 2 is 0.750 bits per heavy atom. The number of nitro groups is 2. The summed E-state index contributed by atoms with van der Waals surface area (Å²) in [5, 5.41) is 59.3. The van der Waals surface area contributed by atoms with Crippen molar-refractivity contribution in [1.29, 1.82) is 0 Å². The van der Waals surface area contributed by atoms with Crippen LogP contribution < -0.4 is 21.4 Å². The smallest absolute Gasteiger partial charge is 0.423 e. The maximum atomic E-state index is 11.2. The van der Waals surface area contributed by atoms with Crippen molar-refractivity contribution in [3.63, 3.8) is 0 Å². The van der Waals surface area contributed by atoms with Crippen molar-refractivity contribution in [2.75, 3.05) is 13.2 Å². The Kier molecular flexibility index (Phi) is 22.9. The molecule has 15 aromatic carbocycles. The number of nitrogens with zero attached hydrogens (tertiary/aromatic N) is 2. The lowest BCUT2D eigenvalue weighted by Crippen LogP contribution is -2.29. The number of aromatic nitrogens is 2. The van der Waals surface area contributed by atoms with Crippen LogP contribution >= 0.6 is 69.2 Å². The molecule has 21 aromatic rings. The number of H-pyrrole nitrogens is 2. The third-order valence-corrected chi connectivity index (χ3v) is 27.2. The van der Waals surface area contributed by atoms with Crippen molar-refractivity contribution in [1.82, 2.24) is 9.97 Å². The van der Waals surface area contributed by atoms with Crippen LogP contribution in [0.2, 0.25) is 0 Å². The average molecular weight is 1620 g/mol. The zero-order chi connectivity index (χ0) is 76.4. The highest BCUT2D eigenvalue weighted by molar-refractivity contribution is 9.10. The topological polar surface area (TPSA) is 168 Å². The summed E-state index contributed by atoms with van der Waals surface area (Å²) in [5.41, 5.74) is 7.24. The first-order valence-corrected chi connectivity index (χ1v) is 41.8. The van der Waals surface area contributed by atoms with Crippen molar-refractivity contribution in [3.05, 3.63) is 370 Å². The minimum absolute atomic E-state index is 0.0995. The van der Waals surface area contributed by atoms with Crippen LogP contribution in [-0.2, 0) is 4.74 Å². The number of benzene rings is 15. The molecule has 11 nitrogen and oxygen atoms in total. The van der Waals surface area contributed by atoms with Gasteiger partial charge >= 0.3 is 7.12 Å². The Morgan fingerprint density at radius 3 is 1.27 bits per heavy atom. The van der Waals surface area contributed by atoms with Gasteiger partial charge in [0, 0.05) is 139 Å². The predicted octanol–water partition coefficient (Wildman–Crippen LogP) is 25.3. The van der Waals surface area contributed by atoms with E-state index in [1.807, 2.05) is 77.3 Å². The molecule has 6 aromatic heterocycles. The summed E-state index contributed by atoms with van der Waals surface area (Å²) >= 11 is 10.2. The zero-order valence-electron chi connectivity index (χ0n) is 60.1. The maximum Gasteiger partial charge on any atom is 0.488 e. The molecular weight excluding hydrogens is 1550 g/mol. The number of para-hydroxylation sites is 4. The fourth-order valence-electron chi connectivity index (χ4n) is 14.1. The van der Waals surface area contributed by atoms with Gasteiger partial charge in [0.05, 0.1) is 30.1 Å². The molecule has 1 aliphatic rings. The minimum Gasteiger partial charge on any atom is -0.423 e. The Bertz CT molecular complexity index is 6620. The monoisotopic (exact) mass is 1610 g/mol. The second kappa shape index (κ2) is 34.4. The van der Waals surface area contributed by atoms with E-state index in [0.717, 1.165) is 28.2 Å². The van der Waals surface area contributed by atoms with Gasteiger partial charge in [0.1, 0.15) is 0 Å². The van der Waals surface area contributed by atoms with E-state index in [2.05, 4.69) is 269 Å². The summed E-state index contributed by atoms with van der Waals surface area (Å²) < 4.78 is 15.6. The Labute approximate surface area is 670 Å². The highest BCUT2D eigenvalue weighted by Crippen LogP contribution is 2.43. The number of nitrogens with one attached hydrogen (secondary N) is 2. The van der Waals surface area contributed by atoms with Crippen LogP contribution in [0.3, 0.4) is 0 Å². The highest BCUT2D eigenvalue weighted by atomic mass is 79.9. The van der Waals surface area contributed by atoms with E-state index in [9.17, 15) is 20.2 Å². The van der Waals surface area contributed by atoms with Crippen LogP contribution in [0.4, 0.5) is 11.4 Å². The molecule has 0 radical (unpaired) electrons. The molecule has 0 amide bonds. The van der Waals surface area contributed by atoms with Gasteiger partial charge in [-0.15, -0.1) is 45.3 Å². The van der Waals surface area contributed by atoms with Gasteiger partial charge in [-0.3, -0.25) is 20.2 Å². The Hall–Kier alpha value is -11.6. The van der Waals surface area contributed by atoms with E-state index >= 15 is 0 Å². The number of rotatable bonds is 7. The molecule has 22 rings (SSSR count). The lowest BCUT2D eigenvalue weighted by Gasteiger charge is -2.18. The first kappa shape index (κ1) is 74.5. The molecular formula is C94H69BBrN4O7PS4. The number of ether oxygens (including phenoxy) is 1. The Balaban J connectivity index is 0.000000101. The lowest BCUT2D eigenvalue weighted by molar-refractivity contribution is -0.385. The quantitative estimate of drug-likeness (QED) is 0.0533. The summed E-state index contributed by atoms with van der Waals surface area (Å²) in [6.45, 7) is 2.00. The van der Waals surface area contributed by atoms with Gasteiger partial charge in [-0.05, 0) is 136 Å². The molecule has 0 aliphatic carbocycles. The maximum absolute atomic E-state index is 11.2. The number of hydrogen-bond acceptors (Lipinski definition) is 11. The van der Waals surface area contributed by atoms with Gasteiger partial charge in [0.25, 0.3) is 11.4 Å². The molecule has 1 aliphatic heterocycles. The van der Waals surface area contributed by atoms with Gasteiger partial charge < -0.3 is 24.8 Å². The van der Waals surface area contributed by atoms with E-state index < -0.39 is 20.0 Å². The molecule has 7 heterocycles. The fourth-order valence-corrected chi connectivity index (χ4v) is 21.5. The first-order chi connectivity index (χ1) is 55.0. The summed E-state index contributed by atoms with van der Waals surface area (Å²) in [7, 11) is -1.84. The second-order valence-electron chi connectivity index (χ2n) is 26.5. The summed E-state index contributed by atoms with van der Waals surface area (Å²) in [5.74, 6) is 0. The minimum atomic E-state index is -1.39. The fraction of sp³-hybridized carbons (Fsp3) is 0.0426. The molecule has 0 saturated carbocycles. The van der Waals surface area contributed by atoms with Crippen LogP contribution in [0.1, 0.15) is 12.8 Å². The van der Waals surface area contributed by atoms with Crippen LogP contribution in [0.5, 0.6) is 0 Å². The highest BCUT2D eigenvalue weighted by Gasteiger charge is 2.19. The summed E-state index contributed by atoms with van der Waals surface area (Å²) in [6.07, 6.45) is 2.56. The van der Waals surface area contributed by atoms with E-state index in [4.69, 9.17) is 14.8 Å². The number of halogens is 1. The molecule has 546 valence electrons. The SMILES string of the molecule is C1CCOC1.O=[N+]([O-])c1ccccc1-c1ccc2c(c1)sc1ccccc12.O=[N+]([O-])c1ccccc1Br.OB(O)c1ccc2c(c1)sc1ccccc12.c1ccc(P(c2ccccc2)c2ccccc2)cc1.c1ccc2c(c1)[nH]c1c2ccc2c3ccccc3sc21.c1ccc2c(c1)[nH]c1cc3c(cc12)sc1ccccc13. The van der Waals surface area contributed by atoms with E-state index in [1.165, 1.54) is 150 Å². The van der Waals surface area contributed by atoms with Crippen molar-refractivity contribution in [2.45, 2.75) is 12.8 Å². The third-order valence-electron chi connectivity index (χ3n) is 19.4. The number of fused-ring (bicyclic) bond motifs is 19. The molecule has 0 atom stereocenters. The average Bonchev–Trinajstić information content (AvgIpc) is 1.58. The van der Waals surface area contributed by atoms with Crippen molar-refractivity contribution < 1.29 is 24.6 Å². The zero-order valence-corrected chi connectivity index (χ0v) is 65.8. The first-order valence-electron chi connectivity index (χ1n) is 36.4. The second-order valence-corrected chi connectivity index (χ2v) is 33.9. The molecule has 0 spiro atoms. The number of aromatic amines is 2. The van der Waals surface area contributed by atoms with Crippen LogP contribution in [0.25, 0.3) is 135 Å². The van der Waals surface area contributed by atoms with Crippen LogP contribution in [0, 0.1) is 20.2 Å². The van der Waals surface area contributed by atoms with Gasteiger partial charge in [0.15, 0.2) is 0 Å². The molecule has 0 bridgehead atoms. The molecule has 1 fully saturated rings. The van der Waals surface area contributed by atoms with Crippen molar-refractivity contribution >= 4 is 233 Å². The van der Waals surface area contributed by atoms with Gasteiger partial charge in [-0.2, -0.15) is 0 Å². The molecule has 112 heavy (non-hydrogen) atoms. The van der Waals surface area contributed by atoms with Crippen molar-refractivity contribution in [3.8, 4) is 11.1 Å². The molecule has 1 saturated heterocycles. The van der Waals surface area contributed by atoms with E-state index in [0.29, 0.717) is 15.5 Å². The molecule has 0 unspecified atom stereocenters. The largest absolute Gasteiger partial charge is 0.488 e. The summed E-state index contributed by atoms with van der Waals surface area (Å²) in [6, 6.07) is 117. The molecule has 4 N–H and O–H groups in total. The van der Waals surface area contributed by atoms with Gasteiger partial charge in [-0.1, -0.05) is 261 Å². The molecule has 18 heteroatoms. The van der Waals surface area contributed by atoms with Gasteiger partial charge in [-0.25, -0.2) is 0 Å². The van der Waals surface area contributed by atoms with E-state index in [-0.39, 0.29) is 16.3 Å². The summed E-state index contributed by atoms with van der Waals surface area (Å²) in [4.78, 5) is 27.8.